The summed E-state index contributed by atoms with van der Waals surface area (Å²) in [5.41, 5.74) is 0.650. The molecule has 0 saturated heterocycles. The summed E-state index contributed by atoms with van der Waals surface area (Å²) in [7, 11) is 0. The van der Waals surface area contributed by atoms with Gasteiger partial charge in [0.1, 0.15) is 4.47 Å². The highest BCUT2D eigenvalue weighted by atomic mass is 79.9. The number of hydrogen-bond acceptors (Lipinski definition) is 3. The van der Waals surface area contributed by atoms with Crippen LogP contribution in [0.5, 0.6) is 0 Å². The van der Waals surface area contributed by atoms with Crippen molar-refractivity contribution in [3.8, 4) is 0 Å². The first kappa shape index (κ1) is 14.5. The van der Waals surface area contributed by atoms with Gasteiger partial charge in [0.05, 0.1) is 22.9 Å². The maximum atomic E-state index is 12.0. The molecule has 19 heavy (non-hydrogen) atoms. The molecule has 1 atom stereocenters. The van der Waals surface area contributed by atoms with Crippen molar-refractivity contribution in [3.05, 3.63) is 43.5 Å². The first-order valence-electron chi connectivity index (χ1n) is 5.98. The van der Waals surface area contributed by atoms with Crippen LogP contribution in [0.4, 0.5) is 0 Å². The van der Waals surface area contributed by atoms with Gasteiger partial charge in [-0.2, -0.15) is 10.2 Å². The summed E-state index contributed by atoms with van der Waals surface area (Å²) in [6.07, 6.45) is 4.54. The smallest absolute Gasteiger partial charge is 0.270 e. The van der Waals surface area contributed by atoms with E-state index in [1.807, 2.05) is 16.9 Å². The first-order chi connectivity index (χ1) is 9.02. The molecule has 0 radical (unpaired) electrons. The summed E-state index contributed by atoms with van der Waals surface area (Å²) in [5, 5.41) is 8.55. The molecule has 2 heterocycles. The van der Waals surface area contributed by atoms with Gasteiger partial charge < -0.3 is 0 Å². The molecule has 0 N–H and O–H groups in total. The second-order valence-electron chi connectivity index (χ2n) is 4.31. The number of nitrogens with zero attached hydrogens (tertiary/aromatic N) is 4. The lowest BCUT2D eigenvalue weighted by atomic mass is 10.3. The summed E-state index contributed by atoms with van der Waals surface area (Å²) in [6, 6.07) is 2.27. The molecule has 0 aliphatic heterocycles. The largest absolute Gasteiger partial charge is 0.282 e. The second kappa shape index (κ2) is 6.00. The van der Waals surface area contributed by atoms with Gasteiger partial charge in [-0.25, -0.2) is 4.68 Å². The van der Waals surface area contributed by atoms with Crippen molar-refractivity contribution < 1.29 is 0 Å². The number of aromatic nitrogens is 4. The van der Waals surface area contributed by atoms with Crippen LogP contribution in [0.25, 0.3) is 0 Å². The number of hydrogen-bond donors (Lipinski definition) is 0. The standard InChI is InChI=1S/C12H14Br2N4O/c1-3-8(2)17-5-4-9(16-17)7-18-12(19)11(14)10(13)6-15-18/h4-6,8H,3,7H2,1-2H3. The summed E-state index contributed by atoms with van der Waals surface area (Å²) in [6.45, 7) is 4.59. The van der Waals surface area contributed by atoms with Crippen molar-refractivity contribution in [2.45, 2.75) is 32.9 Å². The van der Waals surface area contributed by atoms with E-state index >= 15 is 0 Å². The van der Waals surface area contributed by atoms with Gasteiger partial charge in [-0.05, 0) is 51.3 Å². The van der Waals surface area contributed by atoms with Crippen molar-refractivity contribution in [1.29, 1.82) is 0 Å². The molecular weight excluding hydrogens is 376 g/mol. The monoisotopic (exact) mass is 388 g/mol. The molecule has 0 spiro atoms. The molecule has 0 fully saturated rings. The fourth-order valence-electron chi connectivity index (χ4n) is 1.61. The molecule has 2 aromatic heterocycles. The molecule has 0 saturated carbocycles. The lowest BCUT2D eigenvalue weighted by molar-refractivity contribution is 0.470. The fraction of sp³-hybridized carbons (Fsp3) is 0.417. The molecular formula is C12H14Br2N4O. The first-order valence-corrected chi connectivity index (χ1v) is 7.56. The number of halogens is 2. The van der Waals surface area contributed by atoms with Crippen molar-refractivity contribution >= 4 is 31.9 Å². The molecule has 0 aliphatic carbocycles. The van der Waals surface area contributed by atoms with E-state index in [9.17, 15) is 4.79 Å². The van der Waals surface area contributed by atoms with E-state index < -0.39 is 0 Å². The van der Waals surface area contributed by atoms with Crippen LogP contribution in [0.1, 0.15) is 32.0 Å². The lowest BCUT2D eigenvalue weighted by Crippen LogP contribution is -2.24. The van der Waals surface area contributed by atoms with Gasteiger partial charge in [-0.3, -0.25) is 9.48 Å². The molecule has 5 nitrogen and oxygen atoms in total. The van der Waals surface area contributed by atoms with Crippen LogP contribution in [0.3, 0.4) is 0 Å². The predicted octanol–water partition coefficient (Wildman–Crippen LogP) is 2.98. The third-order valence-electron chi connectivity index (χ3n) is 2.96. The van der Waals surface area contributed by atoms with Crippen LogP contribution in [-0.2, 0) is 6.54 Å². The van der Waals surface area contributed by atoms with E-state index in [-0.39, 0.29) is 5.56 Å². The van der Waals surface area contributed by atoms with Gasteiger partial charge in [0, 0.05) is 12.2 Å². The predicted molar refractivity (Wildman–Crippen MR) is 80.2 cm³/mol. The molecule has 1 unspecified atom stereocenters. The zero-order chi connectivity index (χ0) is 14.0. The number of rotatable bonds is 4. The van der Waals surface area contributed by atoms with E-state index in [0.717, 1.165) is 12.1 Å². The second-order valence-corrected chi connectivity index (χ2v) is 5.96. The average Bonchev–Trinajstić information content (AvgIpc) is 2.87. The summed E-state index contributed by atoms with van der Waals surface area (Å²) < 4.78 is 4.43. The third-order valence-corrected chi connectivity index (χ3v) is 4.86. The van der Waals surface area contributed by atoms with Gasteiger partial charge in [0.25, 0.3) is 5.56 Å². The minimum Gasteiger partial charge on any atom is -0.270 e. The molecule has 7 heteroatoms. The van der Waals surface area contributed by atoms with Crippen LogP contribution in [0.2, 0.25) is 0 Å². The Morgan fingerprint density at radius 3 is 2.84 bits per heavy atom. The third kappa shape index (κ3) is 3.14. The Labute approximate surface area is 127 Å². The van der Waals surface area contributed by atoms with Crippen LogP contribution in [-0.4, -0.2) is 19.6 Å². The Balaban J connectivity index is 2.25. The average molecular weight is 390 g/mol. The van der Waals surface area contributed by atoms with Crippen molar-refractivity contribution in [2.24, 2.45) is 0 Å². The minimum absolute atomic E-state index is 0.174. The molecule has 2 aromatic rings. The topological polar surface area (TPSA) is 52.7 Å². The highest BCUT2D eigenvalue weighted by Gasteiger charge is 2.09. The molecule has 102 valence electrons. The summed E-state index contributed by atoms with van der Waals surface area (Å²) in [5.74, 6) is 0. The Hall–Kier alpha value is -0.950. The Morgan fingerprint density at radius 2 is 2.16 bits per heavy atom. The van der Waals surface area contributed by atoms with Gasteiger partial charge in [-0.15, -0.1) is 0 Å². The van der Waals surface area contributed by atoms with Gasteiger partial charge in [-0.1, -0.05) is 6.92 Å². The van der Waals surface area contributed by atoms with E-state index in [1.54, 1.807) is 6.20 Å². The van der Waals surface area contributed by atoms with Gasteiger partial charge in [0.15, 0.2) is 0 Å². The van der Waals surface area contributed by atoms with Crippen molar-refractivity contribution in [2.75, 3.05) is 0 Å². The molecule has 0 aromatic carbocycles. The SMILES string of the molecule is CCC(C)n1ccc(Cn2ncc(Br)c(Br)c2=O)n1. The maximum Gasteiger partial charge on any atom is 0.282 e. The summed E-state index contributed by atoms with van der Waals surface area (Å²) in [4.78, 5) is 12.0. The molecule has 0 amide bonds. The lowest BCUT2D eigenvalue weighted by Gasteiger charge is -2.08. The quantitative estimate of drug-likeness (QED) is 0.807. The van der Waals surface area contributed by atoms with E-state index in [1.165, 1.54) is 4.68 Å². The highest BCUT2D eigenvalue weighted by molar-refractivity contribution is 9.13. The van der Waals surface area contributed by atoms with Crippen LogP contribution < -0.4 is 5.56 Å². The van der Waals surface area contributed by atoms with Crippen LogP contribution in [0.15, 0.2) is 32.2 Å². The van der Waals surface area contributed by atoms with Crippen molar-refractivity contribution in [1.82, 2.24) is 19.6 Å². The van der Waals surface area contributed by atoms with Crippen LogP contribution >= 0.6 is 31.9 Å². The fourth-order valence-corrected chi connectivity index (χ4v) is 2.17. The highest BCUT2D eigenvalue weighted by Crippen LogP contribution is 2.16. The van der Waals surface area contributed by atoms with E-state index in [0.29, 0.717) is 21.5 Å². The Morgan fingerprint density at radius 1 is 1.42 bits per heavy atom. The minimum atomic E-state index is -0.174. The van der Waals surface area contributed by atoms with Gasteiger partial charge in [0.2, 0.25) is 0 Å². The zero-order valence-corrected chi connectivity index (χ0v) is 13.8. The van der Waals surface area contributed by atoms with E-state index in [2.05, 4.69) is 55.9 Å². The zero-order valence-electron chi connectivity index (χ0n) is 10.7. The molecule has 0 bridgehead atoms. The molecule has 0 aliphatic rings. The maximum absolute atomic E-state index is 12.0. The van der Waals surface area contributed by atoms with E-state index in [4.69, 9.17) is 0 Å². The van der Waals surface area contributed by atoms with Crippen LogP contribution in [0, 0.1) is 0 Å². The van der Waals surface area contributed by atoms with Gasteiger partial charge >= 0.3 is 0 Å². The van der Waals surface area contributed by atoms with Crippen molar-refractivity contribution in [3.63, 3.8) is 0 Å². The Kier molecular flexibility index (Phi) is 4.57. The Bertz CT molecular complexity index is 635. The normalized spacial score (nSPS) is 12.6. The summed E-state index contributed by atoms with van der Waals surface area (Å²) >= 11 is 6.49. The molecule has 2 rings (SSSR count).